The fraction of sp³-hybridized carbons (Fsp3) is 0.565. The summed E-state index contributed by atoms with van der Waals surface area (Å²) in [5.41, 5.74) is 1.19. The van der Waals surface area contributed by atoms with Gasteiger partial charge in [-0.3, -0.25) is 9.59 Å². The highest BCUT2D eigenvalue weighted by Gasteiger charge is 2.52. The van der Waals surface area contributed by atoms with Crippen molar-refractivity contribution in [2.24, 2.45) is 5.92 Å². The van der Waals surface area contributed by atoms with E-state index in [0.29, 0.717) is 30.7 Å². The Morgan fingerprint density at radius 1 is 1.27 bits per heavy atom. The third-order valence-electron chi connectivity index (χ3n) is 6.29. The first-order valence-corrected chi connectivity index (χ1v) is 10.6. The van der Waals surface area contributed by atoms with Crippen molar-refractivity contribution in [1.82, 2.24) is 9.80 Å². The van der Waals surface area contributed by atoms with Crippen LogP contribution in [0.4, 0.5) is 4.39 Å². The van der Waals surface area contributed by atoms with Crippen LogP contribution >= 0.6 is 0 Å². The standard InChI is InChI=1S/C23H29FN2O4/c1-25(2)10-5-11-26-20(14-6-4-7-16(12-14)29-3)19-21(27)17-13-15(24)8-9-18(17)30-22(19)23(26)28/h4,6-7,12,15,17-18,20H,5,8-11,13H2,1-3H3. The number of benzene rings is 1. The highest BCUT2D eigenvalue weighted by Crippen LogP contribution is 2.47. The molecule has 1 amide bonds. The van der Waals surface area contributed by atoms with Crippen LogP contribution < -0.4 is 4.74 Å². The predicted molar refractivity (Wildman–Crippen MR) is 110 cm³/mol. The van der Waals surface area contributed by atoms with E-state index in [1.54, 1.807) is 12.0 Å². The number of Topliss-reactive ketones (excluding diaryl/α,β-unsaturated/α-hetero) is 1. The van der Waals surface area contributed by atoms with Crippen molar-refractivity contribution < 1.29 is 23.5 Å². The Morgan fingerprint density at radius 3 is 2.80 bits per heavy atom. The summed E-state index contributed by atoms with van der Waals surface area (Å²) in [6.45, 7) is 1.33. The smallest absolute Gasteiger partial charge is 0.290 e. The zero-order valence-corrected chi connectivity index (χ0v) is 17.8. The molecule has 1 fully saturated rings. The zero-order chi connectivity index (χ0) is 21.4. The first kappa shape index (κ1) is 20.8. The summed E-state index contributed by atoms with van der Waals surface area (Å²) in [6.07, 6.45) is 0.376. The molecule has 0 aromatic heterocycles. The molecule has 0 radical (unpaired) electrons. The van der Waals surface area contributed by atoms with Crippen molar-refractivity contribution >= 4 is 11.7 Å². The molecule has 0 saturated heterocycles. The number of fused-ring (bicyclic) bond motifs is 1. The van der Waals surface area contributed by atoms with E-state index < -0.39 is 24.2 Å². The Hall–Kier alpha value is -2.41. The molecule has 1 aromatic rings. The van der Waals surface area contributed by atoms with Gasteiger partial charge in [-0.15, -0.1) is 0 Å². The summed E-state index contributed by atoms with van der Waals surface area (Å²) in [7, 11) is 5.56. The number of halogens is 1. The molecular formula is C23H29FN2O4. The average Bonchev–Trinajstić information content (AvgIpc) is 3.01. The molecule has 1 saturated carbocycles. The predicted octanol–water partition coefficient (Wildman–Crippen LogP) is 2.89. The number of ketones is 1. The van der Waals surface area contributed by atoms with Crippen molar-refractivity contribution in [2.75, 3.05) is 34.3 Å². The lowest BCUT2D eigenvalue weighted by Gasteiger charge is -2.36. The molecule has 4 rings (SSSR count). The number of carbonyl (C=O) groups is 2. The van der Waals surface area contributed by atoms with Gasteiger partial charge in [0.2, 0.25) is 0 Å². The summed E-state index contributed by atoms with van der Waals surface area (Å²) in [5.74, 6) is -0.0808. The molecule has 6 nitrogen and oxygen atoms in total. The number of methoxy groups -OCH3 is 1. The van der Waals surface area contributed by atoms with Crippen LogP contribution in [-0.2, 0) is 14.3 Å². The molecule has 7 heteroatoms. The number of hydrogen-bond donors (Lipinski definition) is 0. The number of amides is 1. The summed E-state index contributed by atoms with van der Waals surface area (Å²) < 4.78 is 25.5. The van der Waals surface area contributed by atoms with E-state index in [4.69, 9.17) is 9.47 Å². The van der Waals surface area contributed by atoms with Crippen LogP contribution in [0, 0.1) is 5.92 Å². The second kappa shape index (κ2) is 8.38. The molecule has 1 aromatic carbocycles. The van der Waals surface area contributed by atoms with Gasteiger partial charge in [-0.2, -0.15) is 0 Å². The largest absolute Gasteiger partial charge is 0.497 e. The third-order valence-corrected chi connectivity index (χ3v) is 6.29. The van der Waals surface area contributed by atoms with Gasteiger partial charge in [0.05, 0.1) is 24.6 Å². The molecule has 0 bridgehead atoms. The van der Waals surface area contributed by atoms with Gasteiger partial charge < -0.3 is 19.3 Å². The number of hydrogen-bond acceptors (Lipinski definition) is 5. The van der Waals surface area contributed by atoms with Crippen LogP contribution in [0.5, 0.6) is 5.75 Å². The van der Waals surface area contributed by atoms with Crippen LogP contribution in [0.25, 0.3) is 0 Å². The minimum Gasteiger partial charge on any atom is -0.497 e. The van der Waals surface area contributed by atoms with E-state index >= 15 is 0 Å². The highest BCUT2D eigenvalue weighted by atomic mass is 19.1. The second-order valence-corrected chi connectivity index (χ2v) is 8.61. The number of ether oxygens (including phenoxy) is 2. The lowest BCUT2D eigenvalue weighted by atomic mass is 9.77. The van der Waals surface area contributed by atoms with Gasteiger partial charge in [-0.05, 0) is 64.0 Å². The fourth-order valence-corrected chi connectivity index (χ4v) is 4.81. The Labute approximate surface area is 176 Å². The normalized spacial score (nSPS) is 28.5. The molecule has 0 spiro atoms. The topological polar surface area (TPSA) is 59.1 Å². The SMILES string of the molecule is COc1cccc(C2C3=C(OC4CCC(F)CC4C3=O)C(=O)N2CCCN(C)C)c1. The van der Waals surface area contributed by atoms with E-state index in [0.717, 1.165) is 18.5 Å². The molecule has 3 aliphatic rings. The Bertz CT molecular complexity index is 869. The van der Waals surface area contributed by atoms with Crippen molar-refractivity contribution in [1.29, 1.82) is 0 Å². The van der Waals surface area contributed by atoms with Gasteiger partial charge in [-0.25, -0.2) is 4.39 Å². The maximum Gasteiger partial charge on any atom is 0.290 e. The maximum atomic E-state index is 14.1. The van der Waals surface area contributed by atoms with E-state index in [9.17, 15) is 14.0 Å². The minimum atomic E-state index is -0.996. The van der Waals surface area contributed by atoms with E-state index in [1.807, 2.05) is 38.4 Å². The van der Waals surface area contributed by atoms with Gasteiger partial charge in [0.1, 0.15) is 18.0 Å². The van der Waals surface area contributed by atoms with E-state index in [2.05, 4.69) is 4.90 Å². The molecule has 2 aliphatic heterocycles. The van der Waals surface area contributed by atoms with E-state index in [-0.39, 0.29) is 23.9 Å². The molecule has 2 heterocycles. The molecule has 0 N–H and O–H groups in total. The number of carbonyl (C=O) groups excluding carboxylic acids is 2. The van der Waals surface area contributed by atoms with Crippen molar-refractivity contribution in [3.8, 4) is 5.75 Å². The molecule has 4 unspecified atom stereocenters. The van der Waals surface area contributed by atoms with Gasteiger partial charge in [0.15, 0.2) is 11.5 Å². The summed E-state index contributed by atoms with van der Waals surface area (Å²) >= 11 is 0. The van der Waals surface area contributed by atoms with Gasteiger partial charge in [0, 0.05) is 6.54 Å². The second-order valence-electron chi connectivity index (χ2n) is 8.61. The van der Waals surface area contributed by atoms with Crippen LogP contribution in [0.2, 0.25) is 0 Å². The molecule has 162 valence electrons. The van der Waals surface area contributed by atoms with Crippen LogP contribution in [-0.4, -0.2) is 68.1 Å². The highest BCUT2D eigenvalue weighted by molar-refractivity contribution is 6.11. The summed E-state index contributed by atoms with van der Waals surface area (Å²) in [4.78, 5) is 30.6. The van der Waals surface area contributed by atoms with Crippen LogP contribution in [0.3, 0.4) is 0 Å². The minimum absolute atomic E-state index is 0.139. The third kappa shape index (κ3) is 3.71. The first-order valence-electron chi connectivity index (χ1n) is 10.6. The van der Waals surface area contributed by atoms with Gasteiger partial charge >= 0.3 is 0 Å². The van der Waals surface area contributed by atoms with Crippen molar-refractivity contribution in [3.05, 3.63) is 41.2 Å². The quantitative estimate of drug-likeness (QED) is 0.714. The summed E-state index contributed by atoms with van der Waals surface area (Å²) in [6, 6.07) is 6.90. The first-order chi connectivity index (χ1) is 14.4. The zero-order valence-electron chi connectivity index (χ0n) is 17.8. The van der Waals surface area contributed by atoms with Crippen LogP contribution in [0.1, 0.15) is 37.3 Å². The molecule has 30 heavy (non-hydrogen) atoms. The van der Waals surface area contributed by atoms with Gasteiger partial charge in [0.25, 0.3) is 5.91 Å². The monoisotopic (exact) mass is 416 g/mol. The summed E-state index contributed by atoms with van der Waals surface area (Å²) in [5, 5.41) is 0. The van der Waals surface area contributed by atoms with Gasteiger partial charge in [-0.1, -0.05) is 12.1 Å². The molecular weight excluding hydrogens is 387 g/mol. The number of nitrogens with zero attached hydrogens (tertiary/aromatic N) is 2. The Kier molecular flexibility index (Phi) is 5.82. The molecule has 1 aliphatic carbocycles. The lowest BCUT2D eigenvalue weighted by molar-refractivity contribution is -0.136. The fourth-order valence-electron chi connectivity index (χ4n) is 4.81. The average molecular weight is 416 g/mol. The Balaban J connectivity index is 1.72. The van der Waals surface area contributed by atoms with Crippen molar-refractivity contribution in [3.63, 3.8) is 0 Å². The maximum absolute atomic E-state index is 14.1. The number of rotatable bonds is 6. The molecule has 4 atom stereocenters. The Morgan fingerprint density at radius 2 is 2.07 bits per heavy atom. The van der Waals surface area contributed by atoms with Crippen LogP contribution in [0.15, 0.2) is 35.6 Å². The number of alkyl halides is 1. The van der Waals surface area contributed by atoms with Crippen molar-refractivity contribution in [2.45, 2.75) is 44.0 Å². The lowest BCUT2D eigenvalue weighted by Crippen LogP contribution is -2.42. The van der Waals surface area contributed by atoms with E-state index in [1.165, 1.54) is 0 Å².